The van der Waals surface area contributed by atoms with Crippen molar-refractivity contribution in [1.82, 2.24) is 9.97 Å². The van der Waals surface area contributed by atoms with E-state index in [1.807, 2.05) is 54.9 Å². The molecule has 0 fully saturated rings. The van der Waals surface area contributed by atoms with Crippen LogP contribution in [0.3, 0.4) is 0 Å². The molecule has 1 unspecified atom stereocenters. The number of aryl methyl sites for hydroxylation is 2. The fourth-order valence-electron chi connectivity index (χ4n) is 6.86. The van der Waals surface area contributed by atoms with E-state index >= 15 is 0 Å². The maximum Gasteiger partial charge on any atom is 0.120 e. The van der Waals surface area contributed by atoms with Crippen molar-refractivity contribution >= 4 is 21.9 Å². The van der Waals surface area contributed by atoms with Crippen molar-refractivity contribution in [3.8, 4) is 44.8 Å². The first kappa shape index (κ1) is 36.4. The van der Waals surface area contributed by atoms with E-state index in [4.69, 9.17) is 14.4 Å². The van der Waals surface area contributed by atoms with Crippen molar-refractivity contribution in [1.29, 1.82) is 0 Å². The van der Waals surface area contributed by atoms with Crippen molar-refractivity contribution in [2.75, 3.05) is 0 Å². The number of fused-ring (bicyclic) bond motifs is 3. The van der Waals surface area contributed by atoms with Gasteiger partial charge in [-0.1, -0.05) is 141 Å². The third kappa shape index (κ3) is 7.72. The minimum atomic E-state index is 0. The summed E-state index contributed by atoms with van der Waals surface area (Å²) in [7, 11) is 0. The van der Waals surface area contributed by atoms with Crippen LogP contribution < -0.4 is 0 Å². The zero-order valence-corrected chi connectivity index (χ0v) is 32.8. The van der Waals surface area contributed by atoms with E-state index in [1.54, 1.807) is 0 Å². The van der Waals surface area contributed by atoms with Gasteiger partial charge in [-0.05, 0) is 52.2 Å². The topological polar surface area (TPSA) is 38.9 Å². The number of furan rings is 1. The summed E-state index contributed by atoms with van der Waals surface area (Å²) in [5, 5.41) is 2.22. The van der Waals surface area contributed by atoms with Crippen molar-refractivity contribution in [2.45, 2.75) is 26.7 Å². The van der Waals surface area contributed by atoms with Crippen molar-refractivity contribution < 1.29 is 24.5 Å². The van der Waals surface area contributed by atoms with E-state index in [0.717, 1.165) is 50.0 Å². The number of nitrogens with zero attached hydrogens (tertiary/aromatic N) is 2. The zero-order valence-electron chi connectivity index (χ0n) is 30.4. The molecule has 54 heavy (non-hydrogen) atoms. The van der Waals surface area contributed by atoms with Crippen LogP contribution in [0.25, 0.3) is 66.7 Å². The third-order valence-electron chi connectivity index (χ3n) is 9.81. The van der Waals surface area contributed by atoms with E-state index in [1.165, 1.54) is 38.9 Å². The van der Waals surface area contributed by atoms with E-state index in [0.29, 0.717) is 0 Å². The second-order valence-corrected chi connectivity index (χ2v) is 13.4. The molecule has 4 heteroatoms. The zero-order chi connectivity index (χ0) is 36.1. The SMILES string of the molecule is Cc1c[c-]c(-c2cc(C(C)c3ccccc3)c(-c3ccccc3)cn2)cc1.Cc1cc(-c2[c-]cc3oc4ccccc4c3c2)ncc1-c1ccccc1.[Ir]. The molecule has 3 aromatic heterocycles. The van der Waals surface area contributed by atoms with Crippen LogP contribution in [0.1, 0.15) is 35.1 Å². The molecule has 0 amide bonds. The minimum Gasteiger partial charge on any atom is -0.500 e. The molecule has 0 bridgehead atoms. The fourth-order valence-corrected chi connectivity index (χ4v) is 6.86. The number of hydrogen-bond acceptors (Lipinski definition) is 3. The van der Waals surface area contributed by atoms with Crippen LogP contribution in [0.2, 0.25) is 0 Å². The Balaban J connectivity index is 0.000000164. The summed E-state index contributed by atoms with van der Waals surface area (Å²) >= 11 is 0. The molecule has 0 spiro atoms. The number of benzene rings is 6. The number of para-hydroxylation sites is 1. The average molecular weight is 875 g/mol. The summed E-state index contributed by atoms with van der Waals surface area (Å²) in [5.74, 6) is 0.272. The summed E-state index contributed by atoms with van der Waals surface area (Å²) in [6.07, 6.45) is 3.96. The normalized spacial score (nSPS) is 11.4. The van der Waals surface area contributed by atoms with Crippen molar-refractivity contribution in [3.63, 3.8) is 0 Å². The second kappa shape index (κ2) is 16.4. The summed E-state index contributed by atoms with van der Waals surface area (Å²) in [6.45, 7) is 6.47. The molecule has 265 valence electrons. The Morgan fingerprint density at radius 2 is 1.13 bits per heavy atom. The Labute approximate surface area is 330 Å². The number of hydrogen-bond donors (Lipinski definition) is 0. The molecule has 0 aliphatic rings. The van der Waals surface area contributed by atoms with Gasteiger partial charge in [0.1, 0.15) is 5.58 Å². The monoisotopic (exact) mass is 875 g/mol. The number of rotatable bonds is 6. The van der Waals surface area contributed by atoms with Gasteiger partial charge >= 0.3 is 0 Å². The standard InChI is InChI=1S/C26H22N.C24H16NO.Ir/c1-19-13-15-23(16-14-19)26-17-24(20(2)21-9-5-3-6-10-21)25(18-27-26)22-11-7-4-8-12-22;1-16-13-22(25-15-21(16)17-7-3-2-4-8-17)18-11-12-24-20(14-18)19-9-5-6-10-23(19)26-24;/h3-15,17-18,20H,1-2H3;2-10,12-15H,1H3;/q2*-1;. The van der Waals surface area contributed by atoms with Crippen LogP contribution in [0.4, 0.5) is 0 Å². The van der Waals surface area contributed by atoms with E-state index in [-0.39, 0.29) is 26.0 Å². The van der Waals surface area contributed by atoms with E-state index < -0.39 is 0 Å². The molecule has 1 radical (unpaired) electrons. The van der Waals surface area contributed by atoms with Crippen LogP contribution in [0.5, 0.6) is 0 Å². The van der Waals surface area contributed by atoms with Crippen molar-refractivity contribution in [3.05, 3.63) is 205 Å². The first-order valence-electron chi connectivity index (χ1n) is 18.0. The first-order valence-corrected chi connectivity index (χ1v) is 18.0. The molecule has 6 aromatic carbocycles. The third-order valence-corrected chi connectivity index (χ3v) is 9.81. The van der Waals surface area contributed by atoms with Gasteiger partial charge in [0.2, 0.25) is 0 Å². The Morgan fingerprint density at radius 3 is 1.80 bits per heavy atom. The summed E-state index contributed by atoms with van der Waals surface area (Å²) in [4.78, 5) is 9.46. The molecule has 3 nitrogen and oxygen atoms in total. The molecule has 9 rings (SSSR count). The van der Waals surface area contributed by atoms with Crippen LogP contribution in [0, 0.1) is 26.0 Å². The fraction of sp³-hybridized carbons (Fsp3) is 0.0800. The maximum atomic E-state index is 5.89. The predicted octanol–water partition coefficient (Wildman–Crippen LogP) is 13.1. The van der Waals surface area contributed by atoms with Gasteiger partial charge in [-0.25, -0.2) is 0 Å². The van der Waals surface area contributed by atoms with Gasteiger partial charge in [0.25, 0.3) is 0 Å². The molecule has 0 saturated heterocycles. The second-order valence-electron chi connectivity index (χ2n) is 13.4. The Kier molecular flexibility index (Phi) is 11.1. The molecule has 0 aliphatic heterocycles. The van der Waals surface area contributed by atoms with Crippen LogP contribution >= 0.6 is 0 Å². The van der Waals surface area contributed by atoms with Gasteiger partial charge < -0.3 is 14.4 Å². The Morgan fingerprint density at radius 1 is 0.537 bits per heavy atom. The molecular weight excluding hydrogens is 837 g/mol. The maximum absolute atomic E-state index is 5.89. The largest absolute Gasteiger partial charge is 0.500 e. The number of aromatic nitrogens is 2. The molecule has 0 saturated carbocycles. The van der Waals surface area contributed by atoms with Gasteiger partial charge in [-0.15, -0.1) is 59.2 Å². The molecule has 0 N–H and O–H groups in total. The minimum absolute atomic E-state index is 0. The van der Waals surface area contributed by atoms with E-state index in [9.17, 15) is 0 Å². The molecular formula is C50H38IrN2O-2. The Bertz CT molecular complexity index is 2630. The Hall–Kier alpha value is -5.93. The van der Waals surface area contributed by atoms with Crippen LogP contribution in [-0.2, 0) is 20.1 Å². The van der Waals surface area contributed by atoms with E-state index in [2.05, 4.69) is 148 Å². The van der Waals surface area contributed by atoms with Gasteiger partial charge in [-0.3, -0.25) is 0 Å². The smallest absolute Gasteiger partial charge is 0.120 e. The molecule has 3 heterocycles. The summed E-state index contributed by atoms with van der Waals surface area (Å²) in [5.41, 5.74) is 15.4. The average Bonchev–Trinajstić information content (AvgIpc) is 3.60. The molecule has 0 aliphatic carbocycles. The van der Waals surface area contributed by atoms with Gasteiger partial charge in [0, 0.05) is 54.9 Å². The van der Waals surface area contributed by atoms with Crippen LogP contribution in [0.15, 0.2) is 175 Å². The quantitative estimate of drug-likeness (QED) is 0.156. The van der Waals surface area contributed by atoms with Crippen LogP contribution in [-0.4, -0.2) is 9.97 Å². The molecule has 1 atom stereocenters. The van der Waals surface area contributed by atoms with Gasteiger partial charge in [0.05, 0.1) is 5.58 Å². The first-order chi connectivity index (χ1) is 26.0. The molecule has 9 aromatic rings. The van der Waals surface area contributed by atoms with Gasteiger partial charge in [-0.2, -0.15) is 0 Å². The van der Waals surface area contributed by atoms with Gasteiger partial charge in [0.15, 0.2) is 0 Å². The summed E-state index contributed by atoms with van der Waals surface area (Å²) in [6, 6.07) is 60.9. The number of pyridine rings is 2. The predicted molar refractivity (Wildman–Crippen MR) is 219 cm³/mol. The summed E-state index contributed by atoms with van der Waals surface area (Å²) < 4.78 is 5.89. The van der Waals surface area contributed by atoms with Crippen molar-refractivity contribution in [2.24, 2.45) is 0 Å².